The Kier molecular flexibility index (Phi) is 5.84. The van der Waals surface area contributed by atoms with Crippen molar-refractivity contribution in [3.63, 3.8) is 0 Å². The molecule has 0 unspecified atom stereocenters. The summed E-state index contributed by atoms with van der Waals surface area (Å²) in [6.07, 6.45) is 4.16. The molecule has 0 heterocycles. The third-order valence-electron chi connectivity index (χ3n) is 2.88. The van der Waals surface area contributed by atoms with Crippen molar-refractivity contribution < 1.29 is 19.4 Å². The van der Waals surface area contributed by atoms with E-state index >= 15 is 0 Å². The Morgan fingerprint density at radius 1 is 1.35 bits per heavy atom. The van der Waals surface area contributed by atoms with Gasteiger partial charge in [0.1, 0.15) is 11.5 Å². The first kappa shape index (κ1) is 15.8. The summed E-state index contributed by atoms with van der Waals surface area (Å²) >= 11 is 0. The third kappa shape index (κ3) is 4.16. The molecule has 0 fully saturated rings. The van der Waals surface area contributed by atoms with Crippen molar-refractivity contribution in [3.05, 3.63) is 41.5 Å². The van der Waals surface area contributed by atoms with Crippen LogP contribution in [0.1, 0.15) is 24.5 Å². The van der Waals surface area contributed by atoms with Crippen LogP contribution in [-0.4, -0.2) is 25.3 Å². The van der Waals surface area contributed by atoms with Crippen LogP contribution in [0, 0.1) is 0 Å². The highest BCUT2D eigenvalue weighted by molar-refractivity contribution is 5.86. The number of carboxylic acid groups (broad SMARTS) is 1. The van der Waals surface area contributed by atoms with Crippen LogP contribution in [0.25, 0.3) is 6.08 Å². The first-order valence-electron chi connectivity index (χ1n) is 6.28. The van der Waals surface area contributed by atoms with E-state index < -0.39 is 5.97 Å². The van der Waals surface area contributed by atoms with Gasteiger partial charge < -0.3 is 14.6 Å². The summed E-state index contributed by atoms with van der Waals surface area (Å²) in [4.78, 5) is 10.6. The van der Waals surface area contributed by atoms with Crippen LogP contribution in [0.2, 0.25) is 0 Å². The normalized spacial score (nSPS) is 10.6. The number of benzene rings is 1. The highest BCUT2D eigenvalue weighted by atomic mass is 16.5. The van der Waals surface area contributed by atoms with Gasteiger partial charge in [-0.25, -0.2) is 4.79 Å². The van der Waals surface area contributed by atoms with Crippen LogP contribution in [0.15, 0.2) is 30.4 Å². The molecule has 0 saturated carbocycles. The van der Waals surface area contributed by atoms with E-state index in [0.29, 0.717) is 11.3 Å². The second-order valence-corrected chi connectivity index (χ2v) is 4.50. The lowest BCUT2D eigenvalue weighted by Gasteiger charge is -2.15. The summed E-state index contributed by atoms with van der Waals surface area (Å²) in [5.41, 5.74) is 2.71. The summed E-state index contributed by atoms with van der Waals surface area (Å²) in [6.45, 7) is 5.86. The Labute approximate surface area is 119 Å². The number of hydrogen-bond donors (Lipinski definition) is 1. The van der Waals surface area contributed by atoms with Crippen LogP contribution in [0.3, 0.4) is 0 Å². The molecule has 0 bridgehead atoms. The molecule has 1 aromatic rings. The summed E-state index contributed by atoms with van der Waals surface area (Å²) in [5.74, 6) is 0.380. The molecule has 1 N–H and O–H groups in total. The minimum Gasteiger partial charge on any atom is -0.496 e. The quantitative estimate of drug-likeness (QED) is 0.613. The van der Waals surface area contributed by atoms with Crippen molar-refractivity contribution >= 4 is 12.0 Å². The first-order chi connectivity index (χ1) is 9.49. The van der Waals surface area contributed by atoms with E-state index in [4.69, 9.17) is 14.6 Å². The van der Waals surface area contributed by atoms with Crippen molar-refractivity contribution in [2.24, 2.45) is 0 Å². The molecule has 0 aliphatic rings. The van der Waals surface area contributed by atoms with Crippen LogP contribution in [0.4, 0.5) is 0 Å². The van der Waals surface area contributed by atoms with Crippen molar-refractivity contribution in [1.29, 1.82) is 0 Å². The number of carbonyl (C=O) groups is 1. The van der Waals surface area contributed by atoms with E-state index in [9.17, 15) is 4.79 Å². The highest BCUT2D eigenvalue weighted by Gasteiger charge is 2.13. The lowest BCUT2D eigenvalue weighted by Crippen LogP contribution is -2.00. The highest BCUT2D eigenvalue weighted by Crippen LogP contribution is 2.34. The van der Waals surface area contributed by atoms with Gasteiger partial charge in [0.2, 0.25) is 0 Å². The van der Waals surface area contributed by atoms with Crippen molar-refractivity contribution in [2.45, 2.75) is 19.8 Å². The maximum atomic E-state index is 10.6. The van der Waals surface area contributed by atoms with Crippen molar-refractivity contribution in [2.75, 3.05) is 14.2 Å². The van der Waals surface area contributed by atoms with Crippen LogP contribution >= 0.6 is 0 Å². The molecule has 0 radical (unpaired) electrons. The van der Waals surface area contributed by atoms with Gasteiger partial charge in [-0.2, -0.15) is 0 Å². The zero-order chi connectivity index (χ0) is 15.1. The second kappa shape index (κ2) is 7.38. The molecule has 0 saturated heterocycles. The topological polar surface area (TPSA) is 55.8 Å². The molecular weight excluding hydrogens is 256 g/mol. The largest absolute Gasteiger partial charge is 0.496 e. The van der Waals surface area contributed by atoms with Gasteiger partial charge in [0.05, 0.1) is 14.2 Å². The molecule has 0 amide bonds. The maximum Gasteiger partial charge on any atom is 0.328 e. The summed E-state index contributed by atoms with van der Waals surface area (Å²) in [5, 5.41) is 8.72. The number of rotatable bonds is 7. The minimum atomic E-state index is -0.994. The Hall–Kier alpha value is -2.23. The molecule has 1 aromatic carbocycles. The van der Waals surface area contributed by atoms with E-state index in [0.717, 1.165) is 35.8 Å². The van der Waals surface area contributed by atoms with Gasteiger partial charge in [-0.3, -0.25) is 0 Å². The molecule has 20 heavy (non-hydrogen) atoms. The molecule has 0 aliphatic carbocycles. The monoisotopic (exact) mass is 276 g/mol. The fourth-order valence-electron chi connectivity index (χ4n) is 1.93. The van der Waals surface area contributed by atoms with Gasteiger partial charge in [-0.05, 0) is 38.0 Å². The number of methoxy groups -OCH3 is 2. The predicted molar refractivity (Wildman–Crippen MR) is 79.4 cm³/mol. The third-order valence-corrected chi connectivity index (χ3v) is 2.88. The zero-order valence-electron chi connectivity index (χ0n) is 12.1. The van der Waals surface area contributed by atoms with Crippen molar-refractivity contribution in [3.8, 4) is 11.5 Å². The summed E-state index contributed by atoms with van der Waals surface area (Å²) < 4.78 is 10.8. The molecule has 4 nitrogen and oxygen atoms in total. The standard InChI is InChI=1S/C16H20O4/c1-11(2)5-8-13-14(19-3)9-6-12(16(13)20-4)7-10-15(17)18/h6-7,9-10H,1,5,8H2,2-4H3,(H,17,18)/b10-7+. The SMILES string of the molecule is C=C(C)CCc1c(OC)ccc(/C=C/C(=O)O)c1OC. The number of allylic oxidation sites excluding steroid dienone is 1. The van der Waals surface area contributed by atoms with Gasteiger partial charge in [-0.15, -0.1) is 6.58 Å². The van der Waals surface area contributed by atoms with Crippen LogP contribution in [0.5, 0.6) is 11.5 Å². The molecule has 0 atom stereocenters. The minimum absolute atomic E-state index is 0.642. The fraction of sp³-hybridized carbons (Fsp3) is 0.312. The lowest BCUT2D eigenvalue weighted by molar-refractivity contribution is -0.131. The Morgan fingerprint density at radius 2 is 2.05 bits per heavy atom. The van der Waals surface area contributed by atoms with Crippen LogP contribution < -0.4 is 9.47 Å². The Balaban J connectivity index is 3.24. The summed E-state index contributed by atoms with van der Waals surface area (Å²) in [7, 11) is 3.17. The molecule has 1 rings (SSSR count). The zero-order valence-corrected chi connectivity index (χ0v) is 12.1. The summed E-state index contributed by atoms with van der Waals surface area (Å²) in [6, 6.07) is 3.60. The fourth-order valence-corrected chi connectivity index (χ4v) is 1.93. The van der Waals surface area contributed by atoms with Gasteiger partial charge in [0.15, 0.2) is 0 Å². The van der Waals surface area contributed by atoms with Gasteiger partial charge in [0.25, 0.3) is 0 Å². The van der Waals surface area contributed by atoms with Gasteiger partial charge in [-0.1, -0.05) is 5.57 Å². The van der Waals surface area contributed by atoms with E-state index in [2.05, 4.69) is 6.58 Å². The van der Waals surface area contributed by atoms with E-state index in [1.807, 2.05) is 13.0 Å². The second-order valence-electron chi connectivity index (χ2n) is 4.50. The average Bonchev–Trinajstić information content (AvgIpc) is 2.41. The molecule has 108 valence electrons. The van der Waals surface area contributed by atoms with Crippen LogP contribution in [-0.2, 0) is 11.2 Å². The van der Waals surface area contributed by atoms with E-state index in [1.165, 1.54) is 6.08 Å². The smallest absolute Gasteiger partial charge is 0.328 e. The number of carboxylic acids is 1. The molecule has 0 spiro atoms. The first-order valence-corrected chi connectivity index (χ1v) is 6.28. The molecular formula is C16H20O4. The number of ether oxygens (including phenoxy) is 2. The van der Waals surface area contributed by atoms with Gasteiger partial charge >= 0.3 is 5.97 Å². The van der Waals surface area contributed by atoms with Crippen molar-refractivity contribution in [1.82, 2.24) is 0 Å². The maximum absolute atomic E-state index is 10.6. The Morgan fingerprint density at radius 3 is 2.55 bits per heavy atom. The lowest BCUT2D eigenvalue weighted by atomic mass is 10.0. The predicted octanol–water partition coefficient (Wildman–Crippen LogP) is 3.31. The average molecular weight is 276 g/mol. The number of hydrogen-bond acceptors (Lipinski definition) is 3. The van der Waals surface area contributed by atoms with E-state index in [-0.39, 0.29) is 0 Å². The van der Waals surface area contributed by atoms with E-state index in [1.54, 1.807) is 20.3 Å². The van der Waals surface area contributed by atoms with Gasteiger partial charge in [0, 0.05) is 17.2 Å². The molecule has 4 heteroatoms. The Bertz CT molecular complexity index is 530. The number of aliphatic carboxylic acids is 1. The molecule has 0 aliphatic heterocycles. The molecule has 0 aromatic heterocycles.